The van der Waals surface area contributed by atoms with E-state index in [1.807, 2.05) is 18.0 Å². The van der Waals surface area contributed by atoms with Gasteiger partial charge in [0, 0.05) is 17.5 Å². The lowest BCUT2D eigenvalue weighted by Gasteiger charge is -2.21. The number of aromatic nitrogens is 1. The lowest BCUT2D eigenvalue weighted by Crippen LogP contribution is -2.06. The Labute approximate surface area is 114 Å². The van der Waals surface area contributed by atoms with E-state index in [2.05, 4.69) is 56.3 Å². The molecule has 0 saturated heterocycles. The average molecular weight is 259 g/mol. The highest BCUT2D eigenvalue weighted by Crippen LogP contribution is 2.34. The number of nitrogens with zero attached hydrogens (tertiary/aromatic N) is 1. The standard InChI is InChI=1S/C16H21NS/c1-11(2)14-7-10-18-9-6-13-5-8-17-16(12(3)4)15(13)14/h5-9,11-12H,10H2,1-4H3/b9-6-,14-7-. The van der Waals surface area contributed by atoms with Gasteiger partial charge < -0.3 is 0 Å². The van der Waals surface area contributed by atoms with Crippen LogP contribution in [0.3, 0.4) is 0 Å². The van der Waals surface area contributed by atoms with Crippen molar-refractivity contribution in [1.29, 1.82) is 0 Å². The first-order valence-corrected chi connectivity index (χ1v) is 7.63. The van der Waals surface area contributed by atoms with Crippen LogP contribution >= 0.6 is 11.8 Å². The molecule has 0 spiro atoms. The van der Waals surface area contributed by atoms with Gasteiger partial charge in [0.15, 0.2) is 0 Å². The highest BCUT2D eigenvalue weighted by molar-refractivity contribution is 8.02. The number of hydrogen-bond donors (Lipinski definition) is 0. The smallest absolute Gasteiger partial charge is 0.0510 e. The molecular weight excluding hydrogens is 238 g/mol. The highest BCUT2D eigenvalue weighted by Gasteiger charge is 2.18. The maximum absolute atomic E-state index is 4.61. The second-order valence-electron chi connectivity index (χ2n) is 5.27. The van der Waals surface area contributed by atoms with Crippen LogP contribution in [0.1, 0.15) is 50.4 Å². The van der Waals surface area contributed by atoms with Crippen molar-refractivity contribution in [1.82, 2.24) is 4.98 Å². The van der Waals surface area contributed by atoms with Crippen LogP contribution in [0.15, 0.2) is 23.7 Å². The molecule has 2 rings (SSSR count). The van der Waals surface area contributed by atoms with E-state index < -0.39 is 0 Å². The summed E-state index contributed by atoms with van der Waals surface area (Å²) in [5, 5.41) is 2.19. The number of thioether (sulfide) groups is 1. The first-order valence-electron chi connectivity index (χ1n) is 6.58. The van der Waals surface area contributed by atoms with E-state index in [4.69, 9.17) is 0 Å². The van der Waals surface area contributed by atoms with Crippen LogP contribution in [0.4, 0.5) is 0 Å². The van der Waals surface area contributed by atoms with E-state index in [0.29, 0.717) is 11.8 Å². The van der Waals surface area contributed by atoms with Crippen molar-refractivity contribution in [2.24, 2.45) is 5.92 Å². The van der Waals surface area contributed by atoms with Crippen molar-refractivity contribution in [2.45, 2.75) is 33.6 Å². The molecule has 96 valence electrons. The summed E-state index contributed by atoms with van der Waals surface area (Å²) in [6, 6.07) is 2.12. The van der Waals surface area contributed by atoms with Crippen LogP contribution in [0.2, 0.25) is 0 Å². The van der Waals surface area contributed by atoms with Gasteiger partial charge in [-0.1, -0.05) is 33.8 Å². The monoisotopic (exact) mass is 259 g/mol. The molecule has 0 aromatic carbocycles. The predicted molar refractivity (Wildman–Crippen MR) is 82.6 cm³/mol. The van der Waals surface area contributed by atoms with Gasteiger partial charge in [0.1, 0.15) is 0 Å². The fourth-order valence-electron chi connectivity index (χ4n) is 2.33. The predicted octanol–water partition coefficient (Wildman–Crippen LogP) is 4.96. The molecule has 0 aliphatic carbocycles. The molecule has 0 amide bonds. The molecule has 0 unspecified atom stereocenters. The molecule has 2 heteroatoms. The zero-order chi connectivity index (χ0) is 13.1. The Bertz CT molecular complexity index is 484. The quantitative estimate of drug-likeness (QED) is 0.744. The fraction of sp³-hybridized carbons (Fsp3) is 0.438. The Morgan fingerprint density at radius 3 is 2.61 bits per heavy atom. The Hall–Kier alpha value is -1.02. The highest BCUT2D eigenvalue weighted by atomic mass is 32.2. The summed E-state index contributed by atoms with van der Waals surface area (Å²) in [5.41, 5.74) is 5.34. The normalized spacial score (nSPS) is 20.0. The summed E-state index contributed by atoms with van der Waals surface area (Å²) in [7, 11) is 0. The van der Waals surface area contributed by atoms with E-state index in [-0.39, 0.29) is 0 Å². The Kier molecular flexibility index (Phi) is 4.28. The van der Waals surface area contributed by atoms with Crippen molar-refractivity contribution in [3.8, 4) is 0 Å². The molecule has 0 N–H and O–H groups in total. The van der Waals surface area contributed by atoms with Crippen LogP contribution in [0.5, 0.6) is 0 Å². The average Bonchev–Trinajstić information content (AvgIpc) is 2.28. The van der Waals surface area contributed by atoms with Crippen LogP contribution in [0.25, 0.3) is 11.6 Å². The van der Waals surface area contributed by atoms with E-state index in [0.717, 1.165) is 5.75 Å². The first-order chi connectivity index (χ1) is 8.61. The van der Waals surface area contributed by atoms with Crippen LogP contribution in [0, 0.1) is 5.92 Å². The summed E-state index contributed by atoms with van der Waals surface area (Å²) < 4.78 is 0. The number of fused-ring (bicyclic) bond motifs is 1. The zero-order valence-corrected chi connectivity index (χ0v) is 12.4. The van der Waals surface area contributed by atoms with Crippen molar-refractivity contribution < 1.29 is 0 Å². The summed E-state index contributed by atoms with van der Waals surface area (Å²) in [6.45, 7) is 8.97. The van der Waals surface area contributed by atoms with Gasteiger partial charge in [-0.25, -0.2) is 0 Å². The number of hydrogen-bond acceptors (Lipinski definition) is 2. The third kappa shape index (κ3) is 2.69. The fourth-order valence-corrected chi connectivity index (χ4v) is 2.96. The molecule has 18 heavy (non-hydrogen) atoms. The lowest BCUT2D eigenvalue weighted by molar-refractivity contribution is 0.799. The topological polar surface area (TPSA) is 12.9 Å². The molecule has 2 heterocycles. The van der Waals surface area contributed by atoms with Crippen LogP contribution < -0.4 is 0 Å². The minimum Gasteiger partial charge on any atom is -0.260 e. The molecular formula is C16H21NS. The van der Waals surface area contributed by atoms with Gasteiger partial charge >= 0.3 is 0 Å². The molecule has 0 atom stereocenters. The van der Waals surface area contributed by atoms with Crippen LogP contribution in [-0.2, 0) is 0 Å². The summed E-state index contributed by atoms with van der Waals surface area (Å²) in [6.07, 6.45) is 6.52. The molecule has 0 fully saturated rings. The largest absolute Gasteiger partial charge is 0.260 e. The van der Waals surface area contributed by atoms with Gasteiger partial charge in [-0.3, -0.25) is 4.98 Å². The van der Waals surface area contributed by atoms with E-state index >= 15 is 0 Å². The molecule has 1 aliphatic rings. The minimum absolute atomic E-state index is 0.461. The minimum atomic E-state index is 0.461. The Morgan fingerprint density at radius 2 is 1.94 bits per heavy atom. The van der Waals surface area contributed by atoms with Gasteiger partial charge in [0.05, 0.1) is 5.69 Å². The maximum atomic E-state index is 4.61. The summed E-state index contributed by atoms with van der Waals surface area (Å²) in [4.78, 5) is 4.61. The van der Waals surface area contributed by atoms with Crippen molar-refractivity contribution in [3.05, 3.63) is 40.6 Å². The van der Waals surface area contributed by atoms with Crippen molar-refractivity contribution in [3.63, 3.8) is 0 Å². The second kappa shape index (κ2) is 5.75. The number of allylic oxidation sites excluding steroid dienone is 1. The lowest BCUT2D eigenvalue weighted by atomic mass is 9.87. The van der Waals surface area contributed by atoms with Gasteiger partial charge in [0.2, 0.25) is 0 Å². The molecule has 1 nitrogen and oxygen atoms in total. The third-order valence-electron chi connectivity index (χ3n) is 3.21. The van der Waals surface area contributed by atoms with Gasteiger partial charge in [0.25, 0.3) is 0 Å². The van der Waals surface area contributed by atoms with E-state index in [1.165, 1.54) is 22.4 Å². The Balaban J connectivity index is 2.67. The molecule has 1 aromatic rings. The molecule has 0 bridgehead atoms. The maximum Gasteiger partial charge on any atom is 0.0510 e. The molecule has 1 aliphatic heterocycles. The first kappa shape index (κ1) is 13.4. The molecule has 0 saturated carbocycles. The van der Waals surface area contributed by atoms with Gasteiger partial charge in [-0.05, 0) is 40.5 Å². The summed E-state index contributed by atoms with van der Waals surface area (Å²) in [5.74, 6) is 2.05. The van der Waals surface area contributed by atoms with Gasteiger partial charge in [-0.15, -0.1) is 11.8 Å². The second-order valence-corrected chi connectivity index (χ2v) is 6.20. The summed E-state index contributed by atoms with van der Waals surface area (Å²) >= 11 is 1.85. The Morgan fingerprint density at radius 1 is 1.17 bits per heavy atom. The number of pyridine rings is 1. The molecule has 0 radical (unpaired) electrons. The van der Waals surface area contributed by atoms with Gasteiger partial charge in [-0.2, -0.15) is 0 Å². The van der Waals surface area contributed by atoms with Crippen LogP contribution in [-0.4, -0.2) is 10.7 Å². The van der Waals surface area contributed by atoms with E-state index in [9.17, 15) is 0 Å². The molecule has 1 aromatic heterocycles. The van der Waals surface area contributed by atoms with E-state index in [1.54, 1.807) is 0 Å². The van der Waals surface area contributed by atoms with Crippen molar-refractivity contribution in [2.75, 3.05) is 5.75 Å². The third-order valence-corrected chi connectivity index (χ3v) is 3.90. The van der Waals surface area contributed by atoms with Crippen molar-refractivity contribution >= 4 is 23.4 Å². The SMILES string of the molecule is CC(C)/C1=C/CS/C=C\c2ccnc(C(C)C)c21. The number of rotatable bonds is 2. The zero-order valence-electron chi connectivity index (χ0n) is 11.6.